The maximum atomic E-state index is 13.2. The molecule has 3 aromatic rings. The Balaban J connectivity index is 1.43. The van der Waals surface area contributed by atoms with Crippen molar-refractivity contribution in [3.8, 4) is 11.3 Å². The van der Waals surface area contributed by atoms with Gasteiger partial charge in [0.05, 0.1) is 6.42 Å². The highest BCUT2D eigenvalue weighted by Gasteiger charge is 2.28. The lowest BCUT2D eigenvalue weighted by Gasteiger charge is -2.30. The van der Waals surface area contributed by atoms with E-state index in [0.29, 0.717) is 17.3 Å². The topological polar surface area (TPSA) is 95.7 Å². The Hall–Kier alpha value is -3.35. The summed E-state index contributed by atoms with van der Waals surface area (Å²) in [7, 11) is 0. The number of anilines is 1. The standard InChI is InChI=1S/C29H36N4O3/c34-26(35)19-24(20-10-4-1-5-11-20)31-29(36)22-16-17-33-25(18-22)32-27(21-12-6-2-7-13-21)28(33)30-23-14-8-3-9-15-23/h2,6-7,12-13,16-18,20,23-24,30H,1,3-5,8-11,14-15,19H2,(H,31,36)(H,34,35). The van der Waals surface area contributed by atoms with E-state index in [9.17, 15) is 14.7 Å². The number of pyridine rings is 1. The monoisotopic (exact) mass is 488 g/mol. The summed E-state index contributed by atoms with van der Waals surface area (Å²) in [4.78, 5) is 29.7. The zero-order valence-electron chi connectivity index (χ0n) is 20.8. The van der Waals surface area contributed by atoms with Gasteiger partial charge in [-0.05, 0) is 43.7 Å². The zero-order chi connectivity index (χ0) is 24.9. The summed E-state index contributed by atoms with van der Waals surface area (Å²) < 4.78 is 2.03. The van der Waals surface area contributed by atoms with Crippen LogP contribution in [0.5, 0.6) is 0 Å². The first-order chi connectivity index (χ1) is 17.6. The number of carbonyl (C=O) groups excluding carboxylic acids is 1. The van der Waals surface area contributed by atoms with Crippen molar-refractivity contribution in [2.24, 2.45) is 5.92 Å². The van der Waals surface area contributed by atoms with Gasteiger partial charge in [0.25, 0.3) is 5.91 Å². The number of nitrogens with zero attached hydrogens (tertiary/aromatic N) is 2. The first-order valence-electron chi connectivity index (χ1n) is 13.5. The van der Waals surface area contributed by atoms with E-state index in [0.717, 1.165) is 55.6 Å². The summed E-state index contributed by atoms with van der Waals surface area (Å²) in [6.45, 7) is 0. The molecule has 1 aromatic carbocycles. The number of carboxylic acid groups (broad SMARTS) is 1. The Labute approximate surface area is 212 Å². The first-order valence-corrected chi connectivity index (χ1v) is 13.5. The van der Waals surface area contributed by atoms with Gasteiger partial charge in [0.15, 0.2) is 0 Å². The molecule has 2 fully saturated rings. The highest BCUT2D eigenvalue weighted by molar-refractivity contribution is 5.96. The van der Waals surface area contributed by atoms with Crippen molar-refractivity contribution in [1.29, 1.82) is 0 Å². The second kappa shape index (κ2) is 11.1. The first kappa shape index (κ1) is 24.3. The molecule has 0 radical (unpaired) electrons. The largest absolute Gasteiger partial charge is 0.481 e. The molecule has 190 valence electrons. The Bertz CT molecular complexity index is 1190. The summed E-state index contributed by atoms with van der Waals surface area (Å²) in [6.07, 6.45) is 13.2. The third-order valence-electron chi connectivity index (χ3n) is 7.81. The molecule has 0 saturated heterocycles. The van der Waals surface area contributed by atoms with Gasteiger partial charge in [0.1, 0.15) is 17.2 Å². The van der Waals surface area contributed by atoms with Gasteiger partial charge in [0, 0.05) is 29.4 Å². The van der Waals surface area contributed by atoms with E-state index in [4.69, 9.17) is 4.98 Å². The van der Waals surface area contributed by atoms with E-state index in [1.54, 1.807) is 0 Å². The molecule has 0 spiro atoms. The number of nitrogens with one attached hydrogen (secondary N) is 2. The van der Waals surface area contributed by atoms with Gasteiger partial charge in [-0.3, -0.25) is 14.0 Å². The van der Waals surface area contributed by atoms with E-state index < -0.39 is 5.97 Å². The quantitative estimate of drug-likeness (QED) is 0.367. The fourth-order valence-electron chi connectivity index (χ4n) is 5.87. The van der Waals surface area contributed by atoms with Gasteiger partial charge in [-0.15, -0.1) is 0 Å². The number of imidazole rings is 1. The van der Waals surface area contributed by atoms with Crippen molar-refractivity contribution in [1.82, 2.24) is 14.7 Å². The van der Waals surface area contributed by atoms with Gasteiger partial charge in [-0.1, -0.05) is 68.9 Å². The number of fused-ring (bicyclic) bond motifs is 1. The Kier molecular flexibility index (Phi) is 7.54. The number of carboxylic acids is 1. The second-order valence-corrected chi connectivity index (χ2v) is 10.4. The molecule has 2 aliphatic rings. The van der Waals surface area contributed by atoms with Crippen LogP contribution < -0.4 is 10.6 Å². The molecule has 36 heavy (non-hydrogen) atoms. The molecule has 1 unspecified atom stereocenters. The molecule has 2 aliphatic carbocycles. The van der Waals surface area contributed by atoms with Crippen molar-refractivity contribution in [3.63, 3.8) is 0 Å². The van der Waals surface area contributed by atoms with Crippen LogP contribution in [-0.2, 0) is 4.79 Å². The van der Waals surface area contributed by atoms with Crippen molar-refractivity contribution >= 4 is 23.3 Å². The van der Waals surface area contributed by atoms with Crippen molar-refractivity contribution in [3.05, 3.63) is 54.2 Å². The van der Waals surface area contributed by atoms with Crippen LogP contribution in [0, 0.1) is 5.92 Å². The van der Waals surface area contributed by atoms with E-state index >= 15 is 0 Å². The number of hydrogen-bond donors (Lipinski definition) is 3. The number of rotatable bonds is 8. The molecule has 2 heterocycles. The minimum atomic E-state index is -0.875. The molecule has 7 nitrogen and oxygen atoms in total. The van der Waals surface area contributed by atoms with Crippen LogP contribution in [0.2, 0.25) is 0 Å². The summed E-state index contributed by atoms with van der Waals surface area (Å²) in [5, 5.41) is 16.2. The van der Waals surface area contributed by atoms with Crippen molar-refractivity contribution < 1.29 is 14.7 Å². The maximum Gasteiger partial charge on any atom is 0.305 e. The van der Waals surface area contributed by atoms with E-state index in [2.05, 4.69) is 22.8 Å². The Morgan fingerprint density at radius 3 is 2.36 bits per heavy atom. The minimum Gasteiger partial charge on any atom is -0.481 e. The van der Waals surface area contributed by atoms with Crippen LogP contribution in [0.15, 0.2) is 48.7 Å². The molecular weight excluding hydrogens is 452 g/mol. The zero-order valence-corrected chi connectivity index (χ0v) is 20.8. The normalized spacial score (nSPS) is 18.1. The van der Waals surface area contributed by atoms with E-state index in [1.807, 2.05) is 40.9 Å². The number of carbonyl (C=O) groups is 2. The number of aromatic nitrogens is 2. The molecule has 3 N–H and O–H groups in total. The molecule has 0 aliphatic heterocycles. The number of benzene rings is 1. The molecule has 1 amide bonds. The third-order valence-corrected chi connectivity index (χ3v) is 7.81. The molecule has 1 atom stereocenters. The fraction of sp³-hybridized carbons (Fsp3) is 0.483. The van der Waals surface area contributed by atoms with Gasteiger partial charge < -0.3 is 15.7 Å². The third kappa shape index (κ3) is 5.55. The van der Waals surface area contributed by atoms with Crippen LogP contribution >= 0.6 is 0 Å². The molecule has 7 heteroatoms. The Morgan fingerprint density at radius 1 is 0.972 bits per heavy atom. The summed E-state index contributed by atoms with van der Waals surface area (Å²) in [6, 6.07) is 13.8. The lowest BCUT2D eigenvalue weighted by Crippen LogP contribution is -2.42. The van der Waals surface area contributed by atoms with Crippen LogP contribution in [0.25, 0.3) is 16.9 Å². The van der Waals surface area contributed by atoms with Crippen LogP contribution in [0.1, 0.15) is 81.0 Å². The van der Waals surface area contributed by atoms with Crippen LogP contribution in [0.4, 0.5) is 5.82 Å². The Morgan fingerprint density at radius 2 is 1.67 bits per heavy atom. The predicted molar refractivity (Wildman–Crippen MR) is 141 cm³/mol. The SMILES string of the molecule is O=C(O)CC(NC(=O)c1ccn2c(NC3CCCCC3)c(-c3ccccc3)nc2c1)C1CCCCC1. The van der Waals surface area contributed by atoms with Crippen LogP contribution in [-0.4, -0.2) is 38.5 Å². The number of aliphatic carboxylic acids is 1. The van der Waals surface area contributed by atoms with Crippen molar-refractivity contribution in [2.45, 2.75) is 82.7 Å². The van der Waals surface area contributed by atoms with Gasteiger partial charge >= 0.3 is 5.97 Å². The average Bonchev–Trinajstić information content (AvgIpc) is 3.27. The van der Waals surface area contributed by atoms with Gasteiger partial charge in [-0.2, -0.15) is 0 Å². The summed E-state index contributed by atoms with van der Waals surface area (Å²) in [5.41, 5.74) is 3.11. The van der Waals surface area contributed by atoms with E-state index in [1.165, 1.54) is 25.7 Å². The molecule has 2 saturated carbocycles. The van der Waals surface area contributed by atoms with E-state index in [-0.39, 0.29) is 24.3 Å². The average molecular weight is 489 g/mol. The highest BCUT2D eigenvalue weighted by Crippen LogP contribution is 2.32. The van der Waals surface area contributed by atoms with Gasteiger partial charge in [0.2, 0.25) is 0 Å². The van der Waals surface area contributed by atoms with Gasteiger partial charge in [-0.25, -0.2) is 4.98 Å². The number of hydrogen-bond acceptors (Lipinski definition) is 4. The molecular formula is C29H36N4O3. The number of amides is 1. The fourth-order valence-corrected chi connectivity index (χ4v) is 5.87. The molecule has 5 rings (SSSR count). The summed E-state index contributed by atoms with van der Waals surface area (Å²) >= 11 is 0. The summed E-state index contributed by atoms with van der Waals surface area (Å²) in [5.74, 6) is 0.0619. The molecule has 2 aromatic heterocycles. The lowest BCUT2D eigenvalue weighted by molar-refractivity contribution is -0.137. The minimum absolute atomic E-state index is 0.0460. The van der Waals surface area contributed by atoms with Crippen molar-refractivity contribution in [2.75, 3.05) is 5.32 Å². The maximum absolute atomic E-state index is 13.2. The second-order valence-electron chi connectivity index (χ2n) is 10.4. The highest BCUT2D eigenvalue weighted by atomic mass is 16.4. The smallest absolute Gasteiger partial charge is 0.305 e. The predicted octanol–water partition coefficient (Wildman–Crippen LogP) is 5.90. The lowest BCUT2D eigenvalue weighted by atomic mass is 9.82. The molecule has 0 bridgehead atoms. The van der Waals surface area contributed by atoms with Crippen LogP contribution in [0.3, 0.4) is 0 Å².